The lowest BCUT2D eigenvalue weighted by Crippen LogP contribution is -2.36. The standard InChI is InChI=1S/C32H32N2O/c35-32(34(30-13-3-1-4-14-30)31-15-5-2-6-16-31)25-27-19-22-33(23-20-27)21-9-10-26-17-18-28-11-7-8-12-29(28)24-26/h1-18,24,27H,19-23,25H2/b10-9+. The summed E-state index contributed by atoms with van der Waals surface area (Å²) in [7, 11) is 0. The van der Waals surface area contributed by atoms with Crippen LogP contribution in [0.2, 0.25) is 0 Å². The summed E-state index contributed by atoms with van der Waals surface area (Å²) in [5.74, 6) is 0.607. The average molecular weight is 461 g/mol. The van der Waals surface area contributed by atoms with E-state index in [2.05, 4.69) is 59.5 Å². The van der Waals surface area contributed by atoms with Crippen LogP contribution in [0.3, 0.4) is 0 Å². The second-order valence-electron chi connectivity index (χ2n) is 9.36. The minimum absolute atomic E-state index is 0.178. The van der Waals surface area contributed by atoms with Crippen molar-refractivity contribution in [2.24, 2.45) is 5.92 Å². The Morgan fingerprint density at radius 3 is 2.03 bits per heavy atom. The van der Waals surface area contributed by atoms with E-state index >= 15 is 0 Å². The van der Waals surface area contributed by atoms with Gasteiger partial charge in [0.05, 0.1) is 0 Å². The first-order chi connectivity index (χ1) is 17.3. The molecule has 0 aromatic heterocycles. The number of rotatable bonds is 7. The smallest absolute Gasteiger partial charge is 0.231 e. The molecule has 0 radical (unpaired) electrons. The minimum atomic E-state index is 0.178. The molecule has 1 heterocycles. The summed E-state index contributed by atoms with van der Waals surface area (Å²) in [5, 5.41) is 2.56. The quantitative estimate of drug-likeness (QED) is 0.288. The zero-order chi connectivity index (χ0) is 23.9. The molecule has 4 aromatic rings. The van der Waals surface area contributed by atoms with Crippen molar-refractivity contribution in [3.05, 3.63) is 115 Å². The van der Waals surface area contributed by atoms with Gasteiger partial charge >= 0.3 is 0 Å². The lowest BCUT2D eigenvalue weighted by molar-refractivity contribution is -0.119. The van der Waals surface area contributed by atoms with Crippen LogP contribution in [0.4, 0.5) is 11.4 Å². The van der Waals surface area contributed by atoms with E-state index < -0.39 is 0 Å². The molecular formula is C32H32N2O. The van der Waals surface area contributed by atoms with E-state index in [1.165, 1.54) is 16.3 Å². The Kier molecular flexibility index (Phi) is 7.35. The van der Waals surface area contributed by atoms with Gasteiger partial charge in [0.25, 0.3) is 0 Å². The second kappa shape index (κ2) is 11.2. The van der Waals surface area contributed by atoms with E-state index in [0.717, 1.165) is 43.9 Å². The third-order valence-electron chi connectivity index (χ3n) is 6.90. The maximum absolute atomic E-state index is 13.4. The van der Waals surface area contributed by atoms with Gasteiger partial charge < -0.3 is 0 Å². The summed E-state index contributed by atoms with van der Waals surface area (Å²) in [6.07, 6.45) is 7.20. The predicted octanol–water partition coefficient (Wildman–Crippen LogP) is 7.32. The molecule has 1 fully saturated rings. The summed E-state index contributed by atoms with van der Waals surface area (Å²) in [6.45, 7) is 3.03. The number of benzene rings is 4. The van der Waals surface area contributed by atoms with Crippen LogP contribution < -0.4 is 4.90 Å². The van der Waals surface area contributed by atoms with E-state index in [9.17, 15) is 4.79 Å². The Morgan fingerprint density at radius 1 is 0.771 bits per heavy atom. The highest BCUT2D eigenvalue weighted by Crippen LogP contribution is 2.29. The van der Waals surface area contributed by atoms with Crippen LogP contribution in [-0.4, -0.2) is 30.4 Å². The van der Waals surface area contributed by atoms with Crippen molar-refractivity contribution in [3.8, 4) is 0 Å². The highest BCUT2D eigenvalue weighted by Gasteiger charge is 2.25. The topological polar surface area (TPSA) is 23.6 Å². The molecule has 1 amide bonds. The molecule has 0 bridgehead atoms. The molecule has 5 rings (SSSR count). The minimum Gasteiger partial charge on any atom is -0.300 e. The lowest BCUT2D eigenvalue weighted by atomic mass is 9.92. The van der Waals surface area contributed by atoms with Gasteiger partial charge in [-0.15, -0.1) is 0 Å². The van der Waals surface area contributed by atoms with E-state index in [1.807, 2.05) is 65.6 Å². The van der Waals surface area contributed by atoms with Gasteiger partial charge in [-0.2, -0.15) is 0 Å². The van der Waals surface area contributed by atoms with E-state index in [-0.39, 0.29) is 5.91 Å². The van der Waals surface area contributed by atoms with Crippen molar-refractivity contribution in [1.29, 1.82) is 0 Å². The molecule has 0 saturated carbocycles. The second-order valence-corrected chi connectivity index (χ2v) is 9.36. The Labute approximate surface area is 208 Å². The van der Waals surface area contributed by atoms with Crippen LogP contribution in [0.15, 0.2) is 109 Å². The van der Waals surface area contributed by atoms with Crippen molar-refractivity contribution in [1.82, 2.24) is 4.90 Å². The van der Waals surface area contributed by atoms with Gasteiger partial charge in [-0.25, -0.2) is 0 Å². The molecule has 0 N–H and O–H groups in total. The zero-order valence-electron chi connectivity index (χ0n) is 20.1. The molecule has 0 unspecified atom stereocenters. The summed E-state index contributed by atoms with van der Waals surface area (Å²) in [4.78, 5) is 17.8. The zero-order valence-corrected chi connectivity index (χ0v) is 20.1. The molecule has 3 nitrogen and oxygen atoms in total. The number of nitrogens with zero attached hydrogens (tertiary/aromatic N) is 2. The summed E-state index contributed by atoms with van der Waals surface area (Å²) >= 11 is 0. The fourth-order valence-corrected chi connectivity index (χ4v) is 4.95. The number of piperidine rings is 1. The number of hydrogen-bond acceptors (Lipinski definition) is 2. The fourth-order valence-electron chi connectivity index (χ4n) is 4.95. The molecule has 0 spiro atoms. The van der Waals surface area contributed by atoms with Gasteiger partial charge in [0, 0.05) is 24.3 Å². The summed E-state index contributed by atoms with van der Waals surface area (Å²) in [6, 6.07) is 35.1. The molecule has 3 heteroatoms. The fraction of sp³-hybridized carbons (Fsp3) is 0.219. The monoisotopic (exact) mass is 460 g/mol. The first-order valence-electron chi connectivity index (χ1n) is 12.6. The van der Waals surface area contributed by atoms with Gasteiger partial charge in [0.15, 0.2) is 0 Å². The van der Waals surface area contributed by atoms with Crippen molar-refractivity contribution >= 4 is 34.1 Å². The third kappa shape index (κ3) is 5.87. The van der Waals surface area contributed by atoms with Crippen LogP contribution in [0.1, 0.15) is 24.8 Å². The molecule has 1 aliphatic rings. The normalized spacial score (nSPS) is 15.0. The van der Waals surface area contributed by atoms with E-state index in [0.29, 0.717) is 12.3 Å². The van der Waals surface area contributed by atoms with Gasteiger partial charge in [0.2, 0.25) is 5.91 Å². The first kappa shape index (κ1) is 23.1. The number of amides is 1. The molecule has 176 valence electrons. The number of likely N-dealkylation sites (tertiary alicyclic amines) is 1. The number of carbonyl (C=O) groups excluding carboxylic acids is 1. The Morgan fingerprint density at radius 2 is 1.37 bits per heavy atom. The Bertz CT molecular complexity index is 1240. The van der Waals surface area contributed by atoms with Gasteiger partial charge in [0.1, 0.15) is 0 Å². The highest BCUT2D eigenvalue weighted by atomic mass is 16.2. The van der Waals surface area contributed by atoms with Gasteiger partial charge in [-0.3, -0.25) is 14.6 Å². The lowest BCUT2D eigenvalue weighted by Gasteiger charge is -2.32. The molecule has 1 saturated heterocycles. The molecule has 1 aliphatic heterocycles. The Hall–Kier alpha value is -3.69. The van der Waals surface area contributed by atoms with Crippen molar-refractivity contribution < 1.29 is 4.79 Å². The van der Waals surface area contributed by atoms with E-state index in [4.69, 9.17) is 0 Å². The highest BCUT2D eigenvalue weighted by molar-refractivity contribution is 6.00. The van der Waals surface area contributed by atoms with Gasteiger partial charge in [-0.05, 0) is 78.5 Å². The van der Waals surface area contributed by atoms with Crippen molar-refractivity contribution in [2.75, 3.05) is 24.5 Å². The van der Waals surface area contributed by atoms with Crippen LogP contribution in [-0.2, 0) is 4.79 Å². The maximum atomic E-state index is 13.4. The summed E-state index contributed by atoms with van der Waals surface area (Å²) < 4.78 is 0. The average Bonchev–Trinajstić information content (AvgIpc) is 2.91. The molecule has 0 atom stereocenters. The molecule has 35 heavy (non-hydrogen) atoms. The summed E-state index contributed by atoms with van der Waals surface area (Å²) in [5.41, 5.74) is 3.10. The number of hydrogen-bond donors (Lipinski definition) is 0. The van der Waals surface area contributed by atoms with Crippen LogP contribution in [0.5, 0.6) is 0 Å². The Balaban J connectivity index is 1.15. The molecule has 4 aromatic carbocycles. The molecule has 0 aliphatic carbocycles. The van der Waals surface area contributed by atoms with Gasteiger partial charge in [-0.1, -0.05) is 84.9 Å². The number of fused-ring (bicyclic) bond motifs is 1. The van der Waals surface area contributed by atoms with Crippen molar-refractivity contribution in [3.63, 3.8) is 0 Å². The predicted molar refractivity (Wildman–Crippen MR) is 147 cm³/mol. The van der Waals surface area contributed by atoms with Crippen LogP contribution in [0, 0.1) is 5.92 Å². The third-order valence-corrected chi connectivity index (χ3v) is 6.90. The first-order valence-corrected chi connectivity index (χ1v) is 12.6. The largest absolute Gasteiger partial charge is 0.300 e. The molecular weight excluding hydrogens is 428 g/mol. The number of carbonyl (C=O) groups is 1. The van der Waals surface area contributed by atoms with E-state index in [1.54, 1.807) is 0 Å². The number of para-hydroxylation sites is 2. The van der Waals surface area contributed by atoms with Crippen molar-refractivity contribution in [2.45, 2.75) is 19.3 Å². The SMILES string of the molecule is O=C(CC1CCN(C/C=C/c2ccc3ccccc3c2)CC1)N(c1ccccc1)c1ccccc1. The maximum Gasteiger partial charge on any atom is 0.231 e. The van der Waals surface area contributed by atoms with Crippen LogP contribution >= 0.6 is 0 Å². The van der Waals surface area contributed by atoms with Crippen LogP contribution in [0.25, 0.3) is 16.8 Å². The number of anilines is 2.